The number of ether oxygens (including phenoxy) is 2. The van der Waals surface area contributed by atoms with Crippen molar-refractivity contribution in [2.75, 3.05) is 6.61 Å². The molecule has 0 heterocycles. The fourth-order valence-corrected chi connectivity index (χ4v) is 2.45. The zero-order valence-electron chi connectivity index (χ0n) is 10.6. The summed E-state index contributed by atoms with van der Waals surface area (Å²) in [4.78, 5) is 0. The molecule has 3 unspecified atom stereocenters. The van der Waals surface area contributed by atoms with Crippen LogP contribution in [-0.4, -0.2) is 24.2 Å². The maximum Gasteiger partial charge on any atom is 0.128 e. The third-order valence-electron chi connectivity index (χ3n) is 3.16. The van der Waals surface area contributed by atoms with Gasteiger partial charge in [-0.2, -0.15) is 0 Å². The Morgan fingerprint density at radius 2 is 2.12 bits per heavy atom. The van der Waals surface area contributed by atoms with Crippen molar-refractivity contribution in [3.63, 3.8) is 0 Å². The molecule has 0 aliphatic heterocycles. The van der Waals surface area contributed by atoms with Gasteiger partial charge in [-0.1, -0.05) is 12.1 Å². The first-order valence-corrected chi connectivity index (χ1v) is 6.55. The number of alkyl halides is 1. The molecule has 94 valence electrons. The fourth-order valence-electron chi connectivity index (χ4n) is 2.04. The molecule has 0 radical (unpaired) electrons. The van der Waals surface area contributed by atoms with Crippen LogP contribution in [0.5, 0.6) is 5.75 Å². The van der Waals surface area contributed by atoms with Gasteiger partial charge in [0.2, 0.25) is 0 Å². The molecular formula is C14H19ClO2. The molecule has 1 aliphatic carbocycles. The van der Waals surface area contributed by atoms with Crippen LogP contribution in [0, 0.1) is 13.8 Å². The highest BCUT2D eigenvalue weighted by atomic mass is 35.5. The van der Waals surface area contributed by atoms with Crippen molar-refractivity contribution in [3.8, 4) is 5.75 Å². The predicted octanol–water partition coefficient (Wildman–Crippen LogP) is 3.47. The Labute approximate surface area is 108 Å². The third kappa shape index (κ3) is 2.75. The number of benzene rings is 1. The summed E-state index contributed by atoms with van der Waals surface area (Å²) >= 11 is 6.12. The van der Waals surface area contributed by atoms with Crippen LogP contribution in [0.2, 0.25) is 0 Å². The summed E-state index contributed by atoms with van der Waals surface area (Å²) in [7, 11) is 0. The molecule has 0 bridgehead atoms. The average molecular weight is 255 g/mol. The third-order valence-corrected chi connectivity index (χ3v) is 3.59. The largest absolute Gasteiger partial charge is 0.487 e. The van der Waals surface area contributed by atoms with Crippen molar-refractivity contribution in [2.24, 2.45) is 0 Å². The van der Waals surface area contributed by atoms with Gasteiger partial charge in [-0.05, 0) is 38.0 Å². The van der Waals surface area contributed by atoms with Crippen molar-refractivity contribution in [1.29, 1.82) is 0 Å². The first-order chi connectivity index (χ1) is 8.11. The van der Waals surface area contributed by atoms with E-state index in [0.717, 1.165) is 17.7 Å². The monoisotopic (exact) mass is 254 g/mol. The quantitative estimate of drug-likeness (QED) is 0.766. The summed E-state index contributed by atoms with van der Waals surface area (Å²) in [6.45, 7) is 6.79. The number of hydrogen-bond acceptors (Lipinski definition) is 2. The molecule has 1 fully saturated rings. The van der Waals surface area contributed by atoms with Gasteiger partial charge in [0.1, 0.15) is 18.0 Å². The lowest BCUT2D eigenvalue weighted by Gasteiger charge is -2.40. The molecule has 1 aliphatic rings. The molecule has 3 heteroatoms. The first-order valence-electron chi connectivity index (χ1n) is 6.11. The average Bonchev–Trinajstić information content (AvgIpc) is 2.30. The van der Waals surface area contributed by atoms with Crippen molar-refractivity contribution >= 4 is 11.6 Å². The van der Waals surface area contributed by atoms with E-state index in [9.17, 15) is 0 Å². The van der Waals surface area contributed by atoms with Crippen molar-refractivity contribution in [2.45, 2.75) is 44.8 Å². The number of hydrogen-bond donors (Lipinski definition) is 0. The van der Waals surface area contributed by atoms with E-state index in [2.05, 4.69) is 32.0 Å². The molecule has 1 saturated carbocycles. The van der Waals surface area contributed by atoms with E-state index >= 15 is 0 Å². The lowest BCUT2D eigenvalue weighted by atomic mass is 9.90. The topological polar surface area (TPSA) is 18.5 Å². The predicted molar refractivity (Wildman–Crippen MR) is 70.0 cm³/mol. The minimum Gasteiger partial charge on any atom is -0.487 e. The highest BCUT2D eigenvalue weighted by molar-refractivity contribution is 6.21. The van der Waals surface area contributed by atoms with E-state index in [-0.39, 0.29) is 17.6 Å². The van der Waals surface area contributed by atoms with Gasteiger partial charge in [-0.25, -0.2) is 0 Å². The van der Waals surface area contributed by atoms with Crippen LogP contribution in [0.3, 0.4) is 0 Å². The van der Waals surface area contributed by atoms with Gasteiger partial charge in [0, 0.05) is 13.0 Å². The standard InChI is InChI=1S/C14H19ClO2/c1-4-16-14-11(15)8-13(14)17-12-7-9(2)5-6-10(12)3/h5-7,11,13-14H,4,8H2,1-3H3. The molecule has 0 N–H and O–H groups in total. The summed E-state index contributed by atoms with van der Waals surface area (Å²) < 4.78 is 11.6. The first kappa shape index (κ1) is 12.7. The van der Waals surface area contributed by atoms with Crippen LogP contribution in [0.15, 0.2) is 18.2 Å². The highest BCUT2D eigenvalue weighted by Gasteiger charge is 2.42. The molecule has 2 nitrogen and oxygen atoms in total. The Morgan fingerprint density at radius 1 is 1.35 bits per heavy atom. The zero-order chi connectivity index (χ0) is 12.4. The van der Waals surface area contributed by atoms with Crippen LogP contribution in [0.25, 0.3) is 0 Å². The molecule has 17 heavy (non-hydrogen) atoms. The van der Waals surface area contributed by atoms with Crippen molar-refractivity contribution in [1.82, 2.24) is 0 Å². The fraction of sp³-hybridized carbons (Fsp3) is 0.571. The lowest BCUT2D eigenvalue weighted by Crippen LogP contribution is -2.52. The van der Waals surface area contributed by atoms with Crippen LogP contribution in [0.4, 0.5) is 0 Å². The molecule has 1 aromatic carbocycles. The molecule has 3 atom stereocenters. The van der Waals surface area contributed by atoms with Gasteiger partial charge >= 0.3 is 0 Å². The molecule has 0 aromatic heterocycles. The van der Waals surface area contributed by atoms with Crippen LogP contribution in [-0.2, 0) is 4.74 Å². The summed E-state index contributed by atoms with van der Waals surface area (Å²) in [5.41, 5.74) is 2.36. The Kier molecular flexibility index (Phi) is 3.95. The van der Waals surface area contributed by atoms with E-state index in [0.29, 0.717) is 6.61 Å². The SMILES string of the molecule is CCOC1C(Cl)CC1Oc1cc(C)ccc1C. The second-order valence-electron chi connectivity index (χ2n) is 4.60. The zero-order valence-corrected chi connectivity index (χ0v) is 11.3. The number of rotatable bonds is 4. The second-order valence-corrected chi connectivity index (χ2v) is 5.16. The molecule has 0 amide bonds. The molecule has 1 aromatic rings. The number of halogens is 1. The van der Waals surface area contributed by atoms with Gasteiger partial charge in [0.15, 0.2) is 0 Å². The summed E-state index contributed by atoms with van der Waals surface area (Å²) in [6, 6.07) is 6.24. The van der Waals surface area contributed by atoms with E-state index in [1.165, 1.54) is 5.56 Å². The summed E-state index contributed by atoms with van der Waals surface area (Å²) in [5.74, 6) is 0.947. The van der Waals surface area contributed by atoms with Crippen molar-refractivity contribution < 1.29 is 9.47 Å². The molecular weight excluding hydrogens is 236 g/mol. The molecule has 0 saturated heterocycles. The van der Waals surface area contributed by atoms with Gasteiger partial charge in [-0.15, -0.1) is 11.6 Å². The smallest absolute Gasteiger partial charge is 0.128 e. The van der Waals surface area contributed by atoms with Crippen molar-refractivity contribution in [3.05, 3.63) is 29.3 Å². The highest BCUT2D eigenvalue weighted by Crippen LogP contribution is 2.34. The minimum absolute atomic E-state index is 0.0292. The molecule has 0 spiro atoms. The van der Waals surface area contributed by atoms with E-state index < -0.39 is 0 Å². The normalized spacial score (nSPS) is 27.6. The van der Waals surface area contributed by atoms with Gasteiger partial charge in [0.05, 0.1) is 5.38 Å². The lowest BCUT2D eigenvalue weighted by molar-refractivity contribution is -0.0761. The van der Waals surface area contributed by atoms with E-state index in [4.69, 9.17) is 21.1 Å². The Bertz CT molecular complexity index is 392. The van der Waals surface area contributed by atoms with E-state index in [1.807, 2.05) is 6.92 Å². The van der Waals surface area contributed by atoms with Gasteiger partial charge in [0.25, 0.3) is 0 Å². The van der Waals surface area contributed by atoms with Crippen LogP contribution < -0.4 is 4.74 Å². The Hall–Kier alpha value is -0.730. The van der Waals surface area contributed by atoms with Crippen LogP contribution in [0.1, 0.15) is 24.5 Å². The summed E-state index contributed by atoms with van der Waals surface area (Å²) in [6.07, 6.45) is 0.985. The number of aryl methyl sites for hydroxylation is 2. The van der Waals surface area contributed by atoms with Crippen LogP contribution >= 0.6 is 11.6 Å². The maximum atomic E-state index is 6.12. The minimum atomic E-state index is 0.0292. The summed E-state index contributed by atoms with van der Waals surface area (Å²) in [5, 5.41) is 0.0880. The van der Waals surface area contributed by atoms with Gasteiger partial charge in [-0.3, -0.25) is 0 Å². The maximum absolute atomic E-state index is 6.12. The van der Waals surface area contributed by atoms with Gasteiger partial charge < -0.3 is 9.47 Å². The van der Waals surface area contributed by atoms with E-state index in [1.54, 1.807) is 0 Å². The second kappa shape index (κ2) is 5.28. The Balaban J connectivity index is 2.03. The Morgan fingerprint density at radius 3 is 2.76 bits per heavy atom. The molecule has 2 rings (SSSR count).